The van der Waals surface area contributed by atoms with Gasteiger partial charge in [-0.2, -0.15) is 4.91 Å². The summed E-state index contributed by atoms with van der Waals surface area (Å²) in [5.41, 5.74) is 1.35. The van der Waals surface area contributed by atoms with Crippen molar-refractivity contribution in [3.05, 3.63) is 53.0 Å². The van der Waals surface area contributed by atoms with Crippen molar-refractivity contribution < 1.29 is 14.6 Å². The lowest BCUT2D eigenvalue weighted by Gasteiger charge is -2.29. The third-order valence-electron chi connectivity index (χ3n) is 6.85. The van der Waals surface area contributed by atoms with Crippen LogP contribution in [0, 0.1) is 16.7 Å². The van der Waals surface area contributed by atoms with Crippen LogP contribution in [0.25, 0.3) is 0 Å². The zero-order chi connectivity index (χ0) is 24.9. The molecule has 0 bridgehead atoms. The summed E-state index contributed by atoms with van der Waals surface area (Å²) in [7, 11) is 1.62. The van der Waals surface area contributed by atoms with Crippen molar-refractivity contribution in [1.82, 2.24) is 4.90 Å². The Balaban J connectivity index is 1.57. The molecule has 1 aromatic rings. The van der Waals surface area contributed by atoms with Gasteiger partial charge in [-0.1, -0.05) is 42.3 Å². The van der Waals surface area contributed by atoms with E-state index in [0.29, 0.717) is 13.0 Å². The Kier molecular flexibility index (Phi) is 11.4. The van der Waals surface area contributed by atoms with Crippen LogP contribution in [0.1, 0.15) is 51.9 Å². The lowest BCUT2D eigenvalue weighted by Crippen LogP contribution is -2.37. The van der Waals surface area contributed by atoms with Gasteiger partial charge in [-0.15, -0.1) is 0 Å². The molecule has 1 aliphatic heterocycles. The molecular formula is C28H41N3O4. The smallest absolute Gasteiger partial charge is 0.147 e. The van der Waals surface area contributed by atoms with E-state index < -0.39 is 12.3 Å². The zero-order valence-electron chi connectivity index (χ0n) is 21.2. The van der Waals surface area contributed by atoms with Crippen molar-refractivity contribution >= 4 is 6.21 Å². The number of likely N-dealkylation sites (tertiary alicyclic amines) is 1. The van der Waals surface area contributed by atoms with E-state index in [-0.39, 0.29) is 11.8 Å². The highest BCUT2D eigenvalue weighted by Crippen LogP contribution is 2.29. The van der Waals surface area contributed by atoms with E-state index in [9.17, 15) is 10.0 Å². The summed E-state index contributed by atoms with van der Waals surface area (Å²) in [4.78, 5) is 18.8. The van der Waals surface area contributed by atoms with Gasteiger partial charge >= 0.3 is 0 Å². The number of benzene rings is 1. The van der Waals surface area contributed by atoms with Gasteiger partial charge in [0.25, 0.3) is 0 Å². The molecule has 1 aromatic carbocycles. The highest BCUT2D eigenvalue weighted by Gasteiger charge is 2.31. The number of ether oxygens (including phenoxy) is 2. The van der Waals surface area contributed by atoms with Crippen LogP contribution in [0.3, 0.4) is 0 Å². The monoisotopic (exact) mass is 483 g/mol. The maximum Gasteiger partial charge on any atom is 0.147 e. The average molecular weight is 484 g/mol. The molecule has 1 N–H and O–H groups in total. The first-order valence-electron chi connectivity index (χ1n) is 13.0. The Morgan fingerprint density at radius 2 is 1.94 bits per heavy atom. The second-order valence-corrected chi connectivity index (χ2v) is 9.50. The molecule has 4 atom stereocenters. The Morgan fingerprint density at radius 1 is 1.20 bits per heavy atom. The number of rotatable bonds is 15. The van der Waals surface area contributed by atoms with E-state index in [1.54, 1.807) is 13.3 Å². The van der Waals surface area contributed by atoms with Crippen molar-refractivity contribution in [3.63, 3.8) is 0 Å². The number of methoxy groups -OCH3 is 1. The number of hydrogen-bond acceptors (Lipinski definition) is 7. The van der Waals surface area contributed by atoms with Gasteiger partial charge in [-0.05, 0) is 69.5 Å². The van der Waals surface area contributed by atoms with Gasteiger partial charge in [-0.3, -0.25) is 4.99 Å². The Labute approximate surface area is 209 Å². The summed E-state index contributed by atoms with van der Waals surface area (Å²) in [5.74, 6) is 1.41. The van der Waals surface area contributed by atoms with E-state index in [2.05, 4.69) is 40.2 Å². The summed E-state index contributed by atoms with van der Waals surface area (Å²) < 4.78 is 10.9. The first-order valence-corrected chi connectivity index (χ1v) is 13.0. The van der Waals surface area contributed by atoms with Crippen LogP contribution in [0.2, 0.25) is 0 Å². The summed E-state index contributed by atoms with van der Waals surface area (Å²) in [5, 5.41) is 14.0. The average Bonchev–Trinajstić information content (AvgIpc) is 3.40. The first kappa shape index (κ1) is 27.1. The predicted octanol–water partition coefficient (Wildman–Crippen LogP) is 5.39. The Hall–Kier alpha value is -2.51. The van der Waals surface area contributed by atoms with Crippen LogP contribution < -0.4 is 9.47 Å². The second kappa shape index (κ2) is 14.8. The van der Waals surface area contributed by atoms with Gasteiger partial charge < -0.3 is 19.5 Å². The highest BCUT2D eigenvalue weighted by atomic mass is 16.5. The minimum Gasteiger partial charge on any atom is -0.497 e. The second-order valence-electron chi connectivity index (χ2n) is 9.50. The molecule has 7 nitrogen and oxygen atoms in total. The van der Waals surface area contributed by atoms with Crippen LogP contribution in [0.15, 0.2) is 58.2 Å². The molecule has 7 heteroatoms. The number of nitrogens with zero attached hydrogens (tertiary/aromatic N) is 3. The lowest BCUT2D eigenvalue weighted by atomic mass is 9.83. The SMILES string of the molecule is CCCCC1=CCC(C(N=O)C(/C=N\C(O)CCOc2ccc(OC)cc2)CN2CCCC2)C=C1. The highest BCUT2D eigenvalue weighted by molar-refractivity contribution is 5.62. The van der Waals surface area contributed by atoms with Crippen LogP contribution >= 0.6 is 0 Å². The number of aliphatic hydroxyl groups excluding tert-OH is 1. The molecule has 1 heterocycles. The minimum absolute atomic E-state index is 0.0625. The summed E-state index contributed by atoms with van der Waals surface area (Å²) in [6.07, 6.45) is 14.5. The van der Waals surface area contributed by atoms with Crippen molar-refractivity contribution in [2.45, 2.75) is 64.1 Å². The molecular weight excluding hydrogens is 442 g/mol. The van der Waals surface area contributed by atoms with Gasteiger partial charge in [0.1, 0.15) is 23.8 Å². The number of unbranched alkanes of at least 4 members (excludes halogenated alkanes) is 1. The third kappa shape index (κ3) is 8.89. The zero-order valence-corrected chi connectivity index (χ0v) is 21.2. The molecule has 0 aromatic heterocycles. The molecule has 4 unspecified atom stereocenters. The maximum atomic E-state index is 12.0. The lowest BCUT2D eigenvalue weighted by molar-refractivity contribution is 0.147. The topological polar surface area (TPSA) is 83.7 Å². The molecule has 192 valence electrons. The number of aliphatic hydroxyl groups is 1. The van der Waals surface area contributed by atoms with Crippen LogP contribution in [-0.4, -0.2) is 61.8 Å². The molecule has 0 saturated carbocycles. The predicted molar refractivity (Wildman–Crippen MR) is 141 cm³/mol. The molecule has 1 fully saturated rings. The van der Waals surface area contributed by atoms with Gasteiger partial charge in [0.2, 0.25) is 0 Å². The Bertz CT molecular complexity index is 846. The van der Waals surface area contributed by atoms with Crippen LogP contribution in [0.5, 0.6) is 11.5 Å². The van der Waals surface area contributed by atoms with Gasteiger partial charge in [0, 0.05) is 31.0 Å². The van der Waals surface area contributed by atoms with Crippen molar-refractivity contribution in [2.75, 3.05) is 33.4 Å². The number of hydrogen-bond donors (Lipinski definition) is 1. The molecule has 35 heavy (non-hydrogen) atoms. The molecule has 3 rings (SSSR count). The minimum atomic E-state index is -0.885. The van der Waals surface area contributed by atoms with E-state index in [1.807, 2.05) is 24.3 Å². The first-order chi connectivity index (χ1) is 17.1. The fourth-order valence-electron chi connectivity index (χ4n) is 4.72. The summed E-state index contributed by atoms with van der Waals surface area (Å²) in [6.45, 7) is 5.36. The molecule has 0 radical (unpaired) electrons. The van der Waals surface area contributed by atoms with Crippen molar-refractivity contribution in [1.29, 1.82) is 0 Å². The normalized spacial score (nSPS) is 21.0. The number of aliphatic imine (C=N–C) groups is 1. The molecule has 2 aliphatic rings. The molecule has 0 spiro atoms. The van der Waals surface area contributed by atoms with E-state index in [1.165, 1.54) is 31.3 Å². The van der Waals surface area contributed by atoms with Crippen molar-refractivity contribution in [2.24, 2.45) is 22.0 Å². The molecule has 1 aliphatic carbocycles. The van der Waals surface area contributed by atoms with Crippen LogP contribution in [0.4, 0.5) is 0 Å². The fourth-order valence-corrected chi connectivity index (χ4v) is 4.72. The Morgan fingerprint density at radius 3 is 2.57 bits per heavy atom. The molecule has 0 amide bonds. The third-order valence-corrected chi connectivity index (χ3v) is 6.85. The van der Waals surface area contributed by atoms with Gasteiger partial charge in [-0.25, -0.2) is 0 Å². The van der Waals surface area contributed by atoms with E-state index >= 15 is 0 Å². The summed E-state index contributed by atoms with van der Waals surface area (Å²) >= 11 is 0. The van der Waals surface area contributed by atoms with E-state index in [4.69, 9.17) is 9.47 Å². The molecule has 1 saturated heterocycles. The summed E-state index contributed by atoms with van der Waals surface area (Å²) in [6, 6.07) is 6.94. The van der Waals surface area contributed by atoms with Gasteiger partial charge in [0.15, 0.2) is 0 Å². The van der Waals surface area contributed by atoms with Crippen molar-refractivity contribution in [3.8, 4) is 11.5 Å². The largest absolute Gasteiger partial charge is 0.497 e. The van der Waals surface area contributed by atoms with E-state index in [0.717, 1.165) is 44.0 Å². The quantitative estimate of drug-likeness (QED) is 0.267. The van der Waals surface area contributed by atoms with Crippen LogP contribution in [-0.2, 0) is 0 Å². The fraction of sp³-hybridized carbons (Fsp3) is 0.607. The standard InChI is InChI=1S/C28H41N3O4/c1-3-4-7-22-8-10-23(11-9-22)28(30-33)24(21-31-17-5-6-18-31)20-29-27(32)16-19-35-26-14-12-25(34-2)13-15-26/h8-10,12-15,20,23-24,27-28,32H,3-7,11,16-19,21H2,1-2H3/b29-20-. The number of nitroso groups, excluding NO2 is 1. The maximum absolute atomic E-state index is 12.0. The number of allylic oxidation sites excluding steroid dienone is 3. The van der Waals surface area contributed by atoms with Gasteiger partial charge in [0.05, 0.1) is 13.7 Å².